The summed E-state index contributed by atoms with van der Waals surface area (Å²) >= 11 is 0. The van der Waals surface area contributed by atoms with Gasteiger partial charge in [0.1, 0.15) is 11.6 Å². The van der Waals surface area contributed by atoms with E-state index in [0.29, 0.717) is 30.0 Å². The van der Waals surface area contributed by atoms with Crippen molar-refractivity contribution in [1.29, 1.82) is 0 Å². The van der Waals surface area contributed by atoms with Crippen LogP contribution in [0.25, 0.3) is 0 Å². The first-order chi connectivity index (χ1) is 14.9. The molecule has 0 fully saturated rings. The zero-order valence-corrected chi connectivity index (χ0v) is 17.7. The minimum Gasteiger partial charge on any atom is -0.483 e. The maximum atomic E-state index is 13.6. The van der Waals surface area contributed by atoms with Crippen LogP contribution in [0.5, 0.6) is 5.75 Å². The van der Waals surface area contributed by atoms with Crippen molar-refractivity contribution in [3.8, 4) is 5.75 Å². The molecule has 6 nitrogen and oxygen atoms in total. The van der Waals surface area contributed by atoms with Crippen molar-refractivity contribution in [3.63, 3.8) is 0 Å². The van der Waals surface area contributed by atoms with Crippen molar-refractivity contribution < 1.29 is 22.3 Å². The quantitative estimate of drug-likeness (QED) is 0.631. The molecule has 0 unspecified atom stereocenters. The number of carbonyl (C=O) groups excluding carboxylic acids is 1. The fraction of sp³-hybridized carbons (Fsp3) is 0.174. The van der Waals surface area contributed by atoms with Gasteiger partial charge >= 0.3 is 0 Å². The van der Waals surface area contributed by atoms with Crippen molar-refractivity contribution in [2.75, 3.05) is 22.8 Å². The van der Waals surface area contributed by atoms with Gasteiger partial charge in [0.25, 0.3) is 15.9 Å². The van der Waals surface area contributed by atoms with Gasteiger partial charge in [-0.05, 0) is 60.9 Å². The first-order valence-corrected chi connectivity index (χ1v) is 11.2. The van der Waals surface area contributed by atoms with Crippen LogP contribution in [-0.2, 0) is 21.2 Å². The van der Waals surface area contributed by atoms with Crippen LogP contribution in [0.15, 0.2) is 71.6 Å². The van der Waals surface area contributed by atoms with E-state index in [0.717, 1.165) is 5.56 Å². The molecule has 8 heteroatoms. The number of anilines is 2. The van der Waals surface area contributed by atoms with E-state index in [2.05, 4.69) is 5.32 Å². The van der Waals surface area contributed by atoms with E-state index in [4.69, 9.17) is 4.74 Å². The smallest absolute Gasteiger partial charge is 0.264 e. The van der Waals surface area contributed by atoms with Gasteiger partial charge in [-0.25, -0.2) is 12.8 Å². The molecule has 0 saturated heterocycles. The SMILES string of the molecule is Cc1cc(S(=O)(=O)N2CCc3ccccc32)ccc1OCC(=O)Nc1ccccc1F. The van der Waals surface area contributed by atoms with Crippen LogP contribution < -0.4 is 14.4 Å². The molecule has 0 saturated carbocycles. The molecule has 1 aliphatic rings. The van der Waals surface area contributed by atoms with Gasteiger partial charge in [-0.1, -0.05) is 30.3 Å². The Bertz CT molecular complexity index is 1240. The second kappa shape index (κ2) is 8.39. The Morgan fingerprint density at radius 2 is 1.84 bits per heavy atom. The zero-order chi connectivity index (χ0) is 22.0. The highest BCUT2D eigenvalue weighted by atomic mass is 32.2. The Hall–Kier alpha value is -3.39. The molecule has 1 amide bonds. The molecule has 4 rings (SSSR count). The molecule has 0 aromatic heterocycles. The van der Waals surface area contributed by atoms with Crippen LogP contribution in [0.1, 0.15) is 11.1 Å². The minimum atomic E-state index is -3.71. The Labute approximate surface area is 180 Å². The molecular formula is C23H21FN2O4S. The Morgan fingerprint density at radius 3 is 2.61 bits per heavy atom. The lowest BCUT2D eigenvalue weighted by atomic mass is 10.2. The molecule has 31 heavy (non-hydrogen) atoms. The number of nitrogens with one attached hydrogen (secondary N) is 1. The van der Waals surface area contributed by atoms with E-state index in [1.54, 1.807) is 19.1 Å². The molecule has 0 aliphatic carbocycles. The van der Waals surface area contributed by atoms with Crippen molar-refractivity contribution in [2.45, 2.75) is 18.2 Å². The zero-order valence-electron chi connectivity index (χ0n) is 16.8. The highest BCUT2D eigenvalue weighted by Gasteiger charge is 2.30. The van der Waals surface area contributed by atoms with E-state index in [1.165, 1.54) is 40.7 Å². The molecule has 3 aromatic carbocycles. The number of benzene rings is 3. The number of halogens is 1. The highest BCUT2D eigenvalue weighted by Crippen LogP contribution is 2.33. The van der Waals surface area contributed by atoms with Crippen molar-refractivity contribution in [3.05, 3.63) is 83.7 Å². The van der Waals surface area contributed by atoms with Crippen LogP contribution in [0.2, 0.25) is 0 Å². The van der Waals surface area contributed by atoms with E-state index >= 15 is 0 Å². The molecule has 1 N–H and O–H groups in total. The van der Waals surface area contributed by atoms with Gasteiger partial charge in [0.15, 0.2) is 6.61 Å². The van der Waals surface area contributed by atoms with E-state index < -0.39 is 21.7 Å². The Kier molecular flexibility index (Phi) is 5.65. The third-order valence-corrected chi connectivity index (χ3v) is 6.89. The van der Waals surface area contributed by atoms with Gasteiger partial charge in [0.2, 0.25) is 0 Å². The average molecular weight is 440 g/mol. The van der Waals surface area contributed by atoms with Gasteiger partial charge in [0, 0.05) is 6.54 Å². The third-order valence-electron chi connectivity index (χ3n) is 5.09. The summed E-state index contributed by atoms with van der Waals surface area (Å²) in [6.45, 7) is 1.77. The number of amides is 1. The predicted octanol–water partition coefficient (Wildman–Crippen LogP) is 3.90. The molecule has 160 valence electrons. The number of hydrogen-bond acceptors (Lipinski definition) is 4. The number of carbonyl (C=O) groups is 1. The molecule has 3 aromatic rings. The number of nitrogens with zero attached hydrogens (tertiary/aromatic N) is 1. The summed E-state index contributed by atoms with van der Waals surface area (Å²) in [5.74, 6) is -0.676. The molecular weight excluding hydrogens is 419 g/mol. The van der Waals surface area contributed by atoms with Crippen LogP contribution in [-0.4, -0.2) is 27.5 Å². The van der Waals surface area contributed by atoms with Gasteiger partial charge in [0.05, 0.1) is 16.3 Å². The standard InChI is InChI=1S/C23H21FN2O4S/c1-16-14-18(31(28,29)26-13-12-17-6-2-5-9-21(17)26)10-11-22(16)30-15-23(27)25-20-8-4-3-7-19(20)24/h2-11,14H,12-13,15H2,1H3,(H,25,27). The summed E-state index contributed by atoms with van der Waals surface area (Å²) in [6.07, 6.45) is 0.673. The maximum Gasteiger partial charge on any atom is 0.264 e. The Morgan fingerprint density at radius 1 is 1.10 bits per heavy atom. The maximum absolute atomic E-state index is 13.6. The highest BCUT2D eigenvalue weighted by molar-refractivity contribution is 7.92. The lowest BCUT2D eigenvalue weighted by molar-refractivity contribution is -0.118. The van der Waals surface area contributed by atoms with Crippen LogP contribution >= 0.6 is 0 Å². The predicted molar refractivity (Wildman–Crippen MR) is 116 cm³/mol. The van der Waals surface area contributed by atoms with Crippen molar-refractivity contribution in [2.24, 2.45) is 0 Å². The number of rotatable bonds is 6. The molecule has 0 spiro atoms. The number of fused-ring (bicyclic) bond motifs is 1. The summed E-state index contributed by atoms with van der Waals surface area (Å²) in [7, 11) is -3.71. The monoisotopic (exact) mass is 440 g/mol. The number of ether oxygens (including phenoxy) is 1. The fourth-order valence-corrected chi connectivity index (χ4v) is 5.11. The van der Waals surface area contributed by atoms with Crippen LogP contribution in [0.3, 0.4) is 0 Å². The first kappa shape index (κ1) is 20.9. The first-order valence-electron chi connectivity index (χ1n) is 9.75. The number of para-hydroxylation sites is 2. The Balaban J connectivity index is 1.46. The second-order valence-electron chi connectivity index (χ2n) is 7.20. The topological polar surface area (TPSA) is 75.7 Å². The molecule has 1 heterocycles. The lowest BCUT2D eigenvalue weighted by Crippen LogP contribution is -2.29. The molecule has 0 atom stereocenters. The van der Waals surface area contributed by atoms with E-state index in [9.17, 15) is 17.6 Å². The van der Waals surface area contributed by atoms with Gasteiger partial charge in [-0.2, -0.15) is 0 Å². The average Bonchev–Trinajstić information content (AvgIpc) is 3.19. The number of hydrogen-bond donors (Lipinski definition) is 1. The fourth-order valence-electron chi connectivity index (χ4n) is 3.52. The van der Waals surface area contributed by atoms with Gasteiger partial charge in [-0.15, -0.1) is 0 Å². The minimum absolute atomic E-state index is 0.0696. The van der Waals surface area contributed by atoms with Crippen LogP contribution in [0.4, 0.5) is 15.8 Å². The summed E-state index contributed by atoms with van der Waals surface area (Å²) in [5, 5.41) is 2.44. The van der Waals surface area contributed by atoms with Gasteiger partial charge < -0.3 is 10.1 Å². The van der Waals surface area contributed by atoms with Crippen molar-refractivity contribution in [1.82, 2.24) is 0 Å². The number of aryl methyl sites for hydroxylation is 1. The summed E-state index contributed by atoms with van der Waals surface area (Å²) in [4.78, 5) is 12.2. The summed E-state index contributed by atoms with van der Waals surface area (Å²) in [6, 6.07) is 17.8. The second-order valence-corrected chi connectivity index (χ2v) is 9.06. The van der Waals surface area contributed by atoms with Crippen molar-refractivity contribution >= 4 is 27.3 Å². The summed E-state index contributed by atoms with van der Waals surface area (Å²) < 4.78 is 46.9. The molecule has 0 radical (unpaired) electrons. The lowest BCUT2D eigenvalue weighted by Gasteiger charge is -2.20. The van der Waals surface area contributed by atoms with E-state index in [1.807, 2.05) is 18.2 Å². The third kappa shape index (κ3) is 4.25. The normalized spacial score (nSPS) is 13.0. The van der Waals surface area contributed by atoms with E-state index in [-0.39, 0.29) is 17.2 Å². The molecule has 0 bridgehead atoms. The van der Waals surface area contributed by atoms with Gasteiger partial charge in [-0.3, -0.25) is 9.10 Å². The number of sulfonamides is 1. The summed E-state index contributed by atoms with van der Waals surface area (Å²) in [5.41, 5.74) is 2.35. The molecule has 1 aliphatic heterocycles. The largest absolute Gasteiger partial charge is 0.483 e. The van der Waals surface area contributed by atoms with Crippen LogP contribution in [0, 0.1) is 12.7 Å².